The van der Waals surface area contributed by atoms with Crippen molar-refractivity contribution in [3.8, 4) is 0 Å². The standard InChI is InChI=1S/C12H18N4/c1-3-16(9-5-8-14-15-13)12-7-4-6-11(2)10-12/h4,6-7,10H,3,5,8-9H2,1-2H3. The van der Waals surface area contributed by atoms with E-state index in [0.29, 0.717) is 6.54 Å². The first-order valence-corrected chi connectivity index (χ1v) is 5.60. The molecule has 0 amide bonds. The summed E-state index contributed by atoms with van der Waals surface area (Å²) in [5.41, 5.74) is 10.7. The molecule has 0 aliphatic carbocycles. The largest absolute Gasteiger partial charge is 0.372 e. The van der Waals surface area contributed by atoms with E-state index in [1.54, 1.807) is 0 Å². The summed E-state index contributed by atoms with van der Waals surface area (Å²) in [5.74, 6) is 0. The van der Waals surface area contributed by atoms with E-state index >= 15 is 0 Å². The monoisotopic (exact) mass is 218 g/mol. The topological polar surface area (TPSA) is 52.0 Å². The number of hydrogen-bond donors (Lipinski definition) is 0. The summed E-state index contributed by atoms with van der Waals surface area (Å²) in [6, 6.07) is 8.46. The third kappa shape index (κ3) is 3.83. The van der Waals surface area contributed by atoms with Crippen LogP contribution in [0.1, 0.15) is 18.9 Å². The molecular formula is C12H18N4. The van der Waals surface area contributed by atoms with Gasteiger partial charge in [0.05, 0.1) is 0 Å². The Labute approximate surface area is 96.5 Å². The van der Waals surface area contributed by atoms with Gasteiger partial charge in [0.25, 0.3) is 0 Å². The zero-order valence-electron chi connectivity index (χ0n) is 9.93. The van der Waals surface area contributed by atoms with Gasteiger partial charge in [-0.2, -0.15) is 0 Å². The first-order chi connectivity index (χ1) is 7.77. The summed E-state index contributed by atoms with van der Waals surface area (Å²) in [5, 5.41) is 3.54. The van der Waals surface area contributed by atoms with Crippen molar-refractivity contribution in [2.45, 2.75) is 20.3 Å². The normalized spacial score (nSPS) is 9.62. The number of rotatable bonds is 6. The summed E-state index contributed by atoms with van der Waals surface area (Å²) < 4.78 is 0. The van der Waals surface area contributed by atoms with Crippen molar-refractivity contribution >= 4 is 5.69 Å². The van der Waals surface area contributed by atoms with Gasteiger partial charge >= 0.3 is 0 Å². The van der Waals surface area contributed by atoms with Crippen LogP contribution in [0.25, 0.3) is 10.4 Å². The summed E-state index contributed by atoms with van der Waals surface area (Å²) in [4.78, 5) is 5.04. The minimum absolute atomic E-state index is 0.568. The molecule has 4 nitrogen and oxygen atoms in total. The molecule has 1 aromatic rings. The van der Waals surface area contributed by atoms with E-state index in [-0.39, 0.29) is 0 Å². The molecule has 0 atom stereocenters. The third-order valence-electron chi connectivity index (χ3n) is 2.50. The molecule has 16 heavy (non-hydrogen) atoms. The molecule has 0 N–H and O–H groups in total. The van der Waals surface area contributed by atoms with Crippen LogP contribution in [0.15, 0.2) is 29.4 Å². The fraction of sp³-hybridized carbons (Fsp3) is 0.500. The highest BCUT2D eigenvalue weighted by atomic mass is 15.1. The first-order valence-electron chi connectivity index (χ1n) is 5.60. The molecule has 86 valence electrons. The van der Waals surface area contributed by atoms with Crippen molar-refractivity contribution in [1.82, 2.24) is 0 Å². The lowest BCUT2D eigenvalue weighted by molar-refractivity contribution is 0.752. The van der Waals surface area contributed by atoms with E-state index in [2.05, 4.69) is 53.0 Å². The Kier molecular flexibility index (Phi) is 5.23. The minimum atomic E-state index is 0.568. The van der Waals surface area contributed by atoms with Gasteiger partial charge in [-0.1, -0.05) is 17.2 Å². The average Bonchev–Trinajstić information content (AvgIpc) is 2.29. The van der Waals surface area contributed by atoms with E-state index in [4.69, 9.17) is 5.53 Å². The minimum Gasteiger partial charge on any atom is -0.372 e. The second-order valence-corrected chi connectivity index (χ2v) is 3.73. The SMILES string of the molecule is CCN(CCCN=[N+]=[N-])c1cccc(C)c1. The van der Waals surface area contributed by atoms with Gasteiger partial charge in [0.1, 0.15) is 0 Å². The molecule has 4 heteroatoms. The Morgan fingerprint density at radius 3 is 2.88 bits per heavy atom. The van der Waals surface area contributed by atoms with Crippen molar-refractivity contribution in [3.05, 3.63) is 40.3 Å². The smallest absolute Gasteiger partial charge is 0.0368 e. The van der Waals surface area contributed by atoms with Gasteiger partial charge in [0.2, 0.25) is 0 Å². The van der Waals surface area contributed by atoms with Crippen molar-refractivity contribution in [2.24, 2.45) is 5.11 Å². The summed E-state index contributed by atoms with van der Waals surface area (Å²) in [7, 11) is 0. The predicted molar refractivity (Wildman–Crippen MR) is 67.7 cm³/mol. The van der Waals surface area contributed by atoms with Gasteiger partial charge < -0.3 is 4.90 Å². The maximum Gasteiger partial charge on any atom is 0.0368 e. The molecule has 0 saturated carbocycles. The first kappa shape index (κ1) is 12.4. The summed E-state index contributed by atoms with van der Waals surface area (Å²) >= 11 is 0. The lowest BCUT2D eigenvalue weighted by atomic mass is 10.2. The molecule has 1 rings (SSSR count). The average molecular weight is 218 g/mol. The Hall–Kier alpha value is -1.67. The Balaban J connectivity index is 2.56. The highest BCUT2D eigenvalue weighted by Crippen LogP contribution is 2.15. The molecule has 0 spiro atoms. The van der Waals surface area contributed by atoms with Gasteiger partial charge in [0.15, 0.2) is 0 Å². The fourth-order valence-electron chi connectivity index (χ4n) is 1.67. The van der Waals surface area contributed by atoms with E-state index in [1.165, 1.54) is 11.3 Å². The Morgan fingerprint density at radius 1 is 1.44 bits per heavy atom. The highest BCUT2D eigenvalue weighted by molar-refractivity contribution is 5.48. The number of aryl methyl sites for hydroxylation is 1. The van der Waals surface area contributed by atoms with Crippen LogP contribution in [0.5, 0.6) is 0 Å². The molecule has 0 aliphatic rings. The number of hydrogen-bond acceptors (Lipinski definition) is 2. The zero-order chi connectivity index (χ0) is 11.8. The molecule has 0 unspecified atom stereocenters. The quantitative estimate of drug-likeness (QED) is 0.312. The van der Waals surface area contributed by atoms with Gasteiger partial charge in [-0.05, 0) is 43.5 Å². The van der Waals surface area contributed by atoms with Crippen molar-refractivity contribution in [1.29, 1.82) is 0 Å². The molecule has 0 saturated heterocycles. The van der Waals surface area contributed by atoms with E-state index in [0.717, 1.165) is 19.5 Å². The second-order valence-electron chi connectivity index (χ2n) is 3.73. The molecule has 1 aromatic carbocycles. The van der Waals surface area contributed by atoms with Crippen LogP contribution in [0, 0.1) is 6.92 Å². The fourth-order valence-corrected chi connectivity index (χ4v) is 1.67. The third-order valence-corrected chi connectivity index (χ3v) is 2.50. The maximum absolute atomic E-state index is 8.19. The molecule has 0 aromatic heterocycles. The van der Waals surface area contributed by atoms with Crippen LogP contribution in [-0.4, -0.2) is 19.6 Å². The van der Waals surface area contributed by atoms with Crippen LogP contribution in [-0.2, 0) is 0 Å². The van der Waals surface area contributed by atoms with Crippen molar-refractivity contribution in [2.75, 3.05) is 24.5 Å². The molecule has 0 radical (unpaired) electrons. The number of nitrogens with zero attached hydrogens (tertiary/aromatic N) is 4. The Bertz CT molecular complexity index is 369. The molecular weight excluding hydrogens is 200 g/mol. The molecule has 0 heterocycles. The van der Waals surface area contributed by atoms with Gasteiger partial charge in [-0.3, -0.25) is 0 Å². The predicted octanol–water partition coefficient (Wildman–Crippen LogP) is 3.52. The number of azide groups is 1. The van der Waals surface area contributed by atoms with Gasteiger partial charge in [-0.15, -0.1) is 0 Å². The van der Waals surface area contributed by atoms with Crippen LogP contribution < -0.4 is 4.90 Å². The number of anilines is 1. The Morgan fingerprint density at radius 2 is 2.25 bits per heavy atom. The summed E-state index contributed by atoms with van der Waals surface area (Å²) in [6.07, 6.45) is 0.895. The van der Waals surface area contributed by atoms with Crippen LogP contribution >= 0.6 is 0 Å². The van der Waals surface area contributed by atoms with E-state index < -0.39 is 0 Å². The van der Waals surface area contributed by atoms with Crippen molar-refractivity contribution in [3.63, 3.8) is 0 Å². The zero-order valence-corrected chi connectivity index (χ0v) is 9.93. The van der Waals surface area contributed by atoms with Crippen LogP contribution in [0.4, 0.5) is 5.69 Å². The van der Waals surface area contributed by atoms with Gasteiger partial charge in [0, 0.05) is 30.2 Å². The molecule has 0 aliphatic heterocycles. The highest BCUT2D eigenvalue weighted by Gasteiger charge is 2.02. The molecule has 0 bridgehead atoms. The lowest BCUT2D eigenvalue weighted by Gasteiger charge is -2.23. The van der Waals surface area contributed by atoms with Gasteiger partial charge in [-0.25, -0.2) is 0 Å². The second kappa shape index (κ2) is 6.75. The number of benzene rings is 1. The summed E-state index contributed by atoms with van der Waals surface area (Å²) in [6.45, 7) is 6.70. The van der Waals surface area contributed by atoms with Crippen LogP contribution in [0.2, 0.25) is 0 Å². The maximum atomic E-state index is 8.19. The van der Waals surface area contributed by atoms with Crippen LogP contribution in [0.3, 0.4) is 0 Å². The van der Waals surface area contributed by atoms with E-state index in [9.17, 15) is 0 Å². The van der Waals surface area contributed by atoms with E-state index in [1.807, 2.05) is 0 Å². The van der Waals surface area contributed by atoms with Crippen molar-refractivity contribution < 1.29 is 0 Å². The molecule has 0 fully saturated rings. The lowest BCUT2D eigenvalue weighted by Crippen LogP contribution is -2.24.